The van der Waals surface area contributed by atoms with Crippen LogP contribution in [0, 0.1) is 0 Å². The highest BCUT2D eigenvalue weighted by Crippen LogP contribution is 2.45. The smallest absolute Gasteiger partial charge is 0.268 e. The van der Waals surface area contributed by atoms with E-state index >= 15 is 0 Å². The quantitative estimate of drug-likeness (QED) is 0.387. The molecule has 1 aromatic carbocycles. The number of amides is 2. The summed E-state index contributed by atoms with van der Waals surface area (Å²) in [7, 11) is 0. The lowest BCUT2D eigenvalue weighted by atomic mass is 9.88. The molecule has 8 heteroatoms. The van der Waals surface area contributed by atoms with E-state index in [1.807, 2.05) is 30.3 Å². The molecule has 162 valence electrons. The molecule has 5 N–H and O–H groups in total. The Balaban J connectivity index is 1.54. The number of pyridine rings is 1. The number of hydrogen-bond acceptors (Lipinski definition) is 6. The van der Waals surface area contributed by atoms with E-state index in [-0.39, 0.29) is 5.91 Å². The van der Waals surface area contributed by atoms with Gasteiger partial charge in [0.2, 0.25) is 0 Å². The summed E-state index contributed by atoms with van der Waals surface area (Å²) in [5.74, 6) is -0.901. The van der Waals surface area contributed by atoms with Gasteiger partial charge in [-0.1, -0.05) is 37.6 Å². The van der Waals surface area contributed by atoms with Gasteiger partial charge in [-0.15, -0.1) is 22.7 Å². The van der Waals surface area contributed by atoms with E-state index in [1.54, 1.807) is 0 Å². The minimum Gasteiger partial charge on any atom is -0.397 e. The molecular weight excluding hydrogens is 440 g/mol. The van der Waals surface area contributed by atoms with Crippen LogP contribution in [0.2, 0.25) is 0 Å². The number of rotatable bonds is 5. The van der Waals surface area contributed by atoms with Gasteiger partial charge in [-0.05, 0) is 42.5 Å². The summed E-state index contributed by atoms with van der Waals surface area (Å²) in [4.78, 5) is 32.5. The average molecular weight is 463 g/mol. The minimum absolute atomic E-state index is 0.350. The number of thiophene rings is 2. The van der Waals surface area contributed by atoms with Crippen LogP contribution >= 0.6 is 22.7 Å². The normalized spacial score (nSPS) is 12.4. The largest absolute Gasteiger partial charge is 0.397 e. The van der Waals surface area contributed by atoms with E-state index in [0.717, 1.165) is 57.6 Å². The Bertz CT molecular complexity index is 1390. The molecule has 6 nitrogen and oxygen atoms in total. The third-order valence-corrected chi connectivity index (χ3v) is 8.01. The minimum atomic E-state index is -0.551. The zero-order chi connectivity index (χ0) is 22.4. The number of carbonyl (C=O) groups is 2. The molecule has 4 aromatic rings. The molecule has 1 aliphatic rings. The van der Waals surface area contributed by atoms with Gasteiger partial charge in [0.1, 0.15) is 14.7 Å². The number of aryl methyl sites for hydroxylation is 3. The number of carbonyl (C=O) groups excluding carboxylic acids is 2. The van der Waals surface area contributed by atoms with Crippen LogP contribution in [0.25, 0.3) is 21.3 Å². The maximum atomic E-state index is 13.2. The molecule has 3 heterocycles. The fourth-order valence-electron chi connectivity index (χ4n) is 4.25. The van der Waals surface area contributed by atoms with Gasteiger partial charge in [-0.2, -0.15) is 0 Å². The molecule has 0 aliphatic heterocycles. The molecule has 0 bridgehead atoms. The van der Waals surface area contributed by atoms with Gasteiger partial charge >= 0.3 is 0 Å². The molecule has 2 amide bonds. The van der Waals surface area contributed by atoms with Crippen molar-refractivity contribution in [3.63, 3.8) is 0 Å². The maximum absolute atomic E-state index is 13.2. The van der Waals surface area contributed by atoms with Crippen molar-refractivity contribution in [2.75, 3.05) is 11.1 Å². The lowest BCUT2D eigenvalue weighted by molar-refractivity contribution is 0.100. The second kappa shape index (κ2) is 8.03. The molecule has 0 unspecified atom stereocenters. The van der Waals surface area contributed by atoms with Gasteiger partial charge in [0.25, 0.3) is 11.8 Å². The molecule has 32 heavy (non-hydrogen) atoms. The van der Waals surface area contributed by atoms with Gasteiger partial charge in [-0.3, -0.25) is 9.59 Å². The summed E-state index contributed by atoms with van der Waals surface area (Å²) in [5, 5.41) is 4.16. The Morgan fingerprint density at radius 1 is 1.12 bits per heavy atom. The van der Waals surface area contributed by atoms with E-state index in [0.29, 0.717) is 21.1 Å². The monoisotopic (exact) mass is 462 g/mol. The van der Waals surface area contributed by atoms with Crippen molar-refractivity contribution in [1.29, 1.82) is 0 Å². The van der Waals surface area contributed by atoms with Crippen molar-refractivity contribution in [1.82, 2.24) is 4.98 Å². The number of primary amides is 1. The Hall–Kier alpha value is -3.23. The fraction of sp³-hybridized carbons (Fsp3) is 0.208. The van der Waals surface area contributed by atoms with Crippen molar-refractivity contribution in [2.45, 2.75) is 32.6 Å². The van der Waals surface area contributed by atoms with Crippen molar-refractivity contribution < 1.29 is 9.59 Å². The molecule has 0 spiro atoms. The number of fused-ring (bicyclic) bond motifs is 4. The molecule has 0 fully saturated rings. The summed E-state index contributed by atoms with van der Waals surface area (Å²) < 4.78 is 0. The summed E-state index contributed by atoms with van der Waals surface area (Å²) in [6, 6.07) is 11.9. The SMILES string of the molecule is CCCc1ccc2c(N)c(C(=O)Nc3sc4c(c3C(N)=O)-c3ccccc3CC4)sc2n1. The van der Waals surface area contributed by atoms with E-state index in [4.69, 9.17) is 11.5 Å². The molecule has 0 atom stereocenters. The highest BCUT2D eigenvalue weighted by Gasteiger charge is 2.29. The highest BCUT2D eigenvalue weighted by molar-refractivity contribution is 7.21. The van der Waals surface area contributed by atoms with Crippen LogP contribution in [0.5, 0.6) is 0 Å². The van der Waals surface area contributed by atoms with Crippen molar-refractivity contribution in [2.24, 2.45) is 5.73 Å². The van der Waals surface area contributed by atoms with Gasteiger partial charge < -0.3 is 16.8 Å². The summed E-state index contributed by atoms with van der Waals surface area (Å²) in [5.41, 5.74) is 16.9. The zero-order valence-corrected chi connectivity index (χ0v) is 19.2. The first-order valence-electron chi connectivity index (χ1n) is 10.5. The van der Waals surface area contributed by atoms with Gasteiger partial charge in [0.05, 0.1) is 11.3 Å². The Kier molecular flexibility index (Phi) is 5.19. The second-order valence-corrected chi connectivity index (χ2v) is 9.93. The van der Waals surface area contributed by atoms with E-state index in [1.165, 1.54) is 28.2 Å². The van der Waals surface area contributed by atoms with Crippen LogP contribution in [0.1, 0.15) is 49.5 Å². The second-order valence-electron chi connectivity index (χ2n) is 7.83. The molecule has 5 rings (SSSR count). The number of nitrogens with two attached hydrogens (primary N) is 2. The van der Waals surface area contributed by atoms with Crippen LogP contribution in [0.3, 0.4) is 0 Å². The molecular formula is C24H22N4O2S2. The first-order valence-corrected chi connectivity index (χ1v) is 12.1. The van der Waals surface area contributed by atoms with Gasteiger partial charge in [0, 0.05) is 21.5 Å². The van der Waals surface area contributed by atoms with E-state index in [2.05, 4.69) is 23.3 Å². The predicted octanol–water partition coefficient (Wildman–Crippen LogP) is 5.01. The van der Waals surface area contributed by atoms with Crippen LogP contribution in [0.4, 0.5) is 10.7 Å². The summed E-state index contributed by atoms with van der Waals surface area (Å²) in [6.45, 7) is 2.10. The number of benzene rings is 1. The Morgan fingerprint density at radius 2 is 1.94 bits per heavy atom. The maximum Gasteiger partial charge on any atom is 0.268 e. The molecule has 0 saturated carbocycles. The number of hydrogen-bond donors (Lipinski definition) is 3. The third kappa shape index (κ3) is 3.36. The van der Waals surface area contributed by atoms with Crippen LogP contribution in [-0.4, -0.2) is 16.8 Å². The van der Waals surface area contributed by atoms with E-state index < -0.39 is 5.91 Å². The van der Waals surface area contributed by atoms with Crippen molar-refractivity contribution >= 4 is 55.4 Å². The van der Waals surface area contributed by atoms with Crippen LogP contribution < -0.4 is 16.8 Å². The van der Waals surface area contributed by atoms with Gasteiger partial charge in [-0.25, -0.2) is 4.98 Å². The lowest BCUT2D eigenvalue weighted by Gasteiger charge is -2.16. The fourth-order valence-corrected chi connectivity index (χ4v) is 6.47. The first-order chi connectivity index (χ1) is 15.5. The zero-order valence-electron chi connectivity index (χ0n) is 17.5. The van der Waals surface area contributed by atoms with Crippen molar-refractivity contribution in [3.05, 3.63) is 63.0 Å². The van der Waals surface area contributed by atoms with Crippen molar-refractivity contribution in [3.8, 4) is 11.1 Å². The highest BCUT2D eigenvalue weighted by atomic mass is 32.1. The number of nitrogen functional groups attached to an aromatic ring is 1. The summed E-state index contributed by atoms with van der Waals surface area (Å²) in [6.07, 6.45) is 3.57. The van der Waals surface area contributed by atoms with Gasteiger partial charge in [0.15, 0.2) is 0 Å². The Morgan fingerprint density at radius 3 is 2.72 bits per heavy atom. The topological polar surface area (TPSA) is 111 Å². The number of anilines is 2. The number of nitrogens with zero attached hydrogens (tertiary/aromatic N) is 1. The molecule has 3 aromatic heterocycles. The lowest BCUT2D eigenvalue weighted by Crippen LogP contribution is -2.18. The summed E-state index contributed by atoms with van der Waals surface area (Å²) >= 11 is 2.68. The first kappa shape index (κ1) is 20.7. The number of aromatic nitrogens is 1. The average Bonchev–Trinajstić information content (AvgIpc) is 3.31. The van der Waals surface area contributed by atoms with E-state index in [9.17, 15) is 9.59 Å². The molecule has 1 aliphatic carbocycles. The van der Waals surface area contributed by atoms with Crippen LogP contribution in [-0.2, 0) is 19.3 Å². The van der Waals surface area contributed by atoms with Crippen LogP contribution in [0.15, 0.2) is 36.4 Å². The molecule has 0 radical (unpaired) electrons. The predicted molar refractivity (Wildman–Crippen MR) is 132 cm³/mol. The standard InChI is InChI=1S/C24H22N4O2S2/c1-2-5-13-9-10-15-19(25)20(32-23(15)27-13)22(30)28-24-18(21(26)29)17-14-7-4-3-6-12(14)8-11-16(17)31-24/h3-4,6-7,9-10H,2,5,8,11,25H2,1H3,(H2,26,29)(H,28,30). The Labute approximate surface area is 193 Å². The molecule has 0 saturated heterocycles. The third-order valence-electron chi connectivity index (χ3n) is 5.73. The number of nitrogens with one attached hydrogen (secondary N) is 1.